The van der Waals surface area contributed by atoms with Gasteiger partial charge in [-0.1, -0.05) is 18.2 Å². The Balaban J connectivity index is 1.84. The van der Waals surface area contributed by atoms with Crippen LogP contribution >= 0.6 is 0 Å². The predicted octanol–water partition coefficient (Wildman–Crippen LogP) is 2.70. The van der Waals surface area contributed by atoms with Gasteiger partial charge in [0.05, 0.1) is 0 Å². The van der Waals surface area contributed by atoms with Gasteiger partial charge in [0.2, 0.25) is 0 Å². The highest BCUT2D eigenvalue weighted by Crippen LogP contribution is 2.28. The van der Waals surface area contributed by atoms with Gasteiger partial charge < -0.3 is 14.7 Å². The van der Waals surface area contributed by atoms with E-state index in [0.717, 1.165) is 42.9 Å². The van der Waals surface area contributed by atoms with Crippen LogP contribution < -0.4 is 4.74 Å². The van der Waals surface area contributed by atoms with E-state index in [1.54, 1.807) is 18.2 Å². The molecule has 0 saturated carbocycles. The van der Waals surface area contributed by atoms with Crippen LogP contribution in [0, 0.1) is 5.82 Å². The number of ether oxygens (including phenoxy) is 1. The van der Waals surface area contributed by atoms with Crippen LogP contribution in [0.25, 0.3) is 11.1 Å². The summed E-state index contributed by atoms with van der Waals surface area (Å²) in [6, 6.07) is 12.0. The number of hydrogen-bond donors (Lipinski definition) is 1. The summed E-state index contributed by atoms with van der Waals surface area (Å²) in [5.74, 6) is -0.692. The van der Waals surface area contributed by atoms with E-state index < -0.39 is 5.97 Å². The molecule has 1 saturated heterocycles. The molecular formula is C20H23FN2O3. The number of likely N-dealkylation sites (N-methyl/N-ethyl adjacent to an activating group) is 1. The third-order valence-corrected chi connectivity index (χ3v) is 4.58. The van der Waals surface area contributed by atoms with Gasteiger partial charge in [0, 0.05) is 38.3 Å². The molecule has 1 heterocycles. The first-order valence-corrected chi connectivity index (χ1v) is 8.65. The second kappa shape index (κ2) is 8.29. The Morgan fingerprint density at radius 1 is 1.08 bits per heavy atom. The number of carboxylic acid groups (broad SMARTS) is 1. The lowest BCUT2D eigenvalue weighted by Gasteiger charge is -2.32. The van der Waals surface area contributed by atoms with Gasteiger partial charge >= 0.3 is 5.97 Å². The lowest BCUT2D eigenvalue weighted by molar-refractivity contribution is -0.139. The third kappa shape index (κ3) is 4.80. The molecule has 1 fully saturated rings. The number of piperazine rings is 1. The molecule has 5 nitrogen and oxygen atoms in total. The SMILES string of the molecule is CN1CCN(Cc2cc(-c3ccc(F)cc3)ccc2OCC(=O)O)CC1. The van der Waals surface area contributed by atoms with Gasteiger partial charge in [-0.15, -0.1) is 0 Å². The molecule has 6 heteroatoms. The highest BCUT2D eigenvalue weighted by molar-refractivity contribution is 5.69. The average Bonchev–Trinajstić information content (AvgIpc) is 2.63. The van der Waals surface area contributed by atoms with Crippen molar-refractivity contribution in [2.75, 3.05) is 39.8 Å². The molecule has 2 aromatic rings. The van der Waals surface area contributed by atoms with Crippen LogP contribution in [-0.4, -0.2) is 60.7 Å². The molecule has 0 atom stereocenters. The molecule has 3 rings (SSSR count). The normalized spacial score (nSPS) is 15.8. The standard InChI is InChI=1S/C20H23FN2O3/c1-22-8-10-23(11-9-22)13-17-12-16(15-2-5-18(21)6-3-15)4-7-19(17)26-14-20(24)25/h2-7,12H,8-11,13-14H2,1H3,(H,24,25). The molecule has 26 heavy (non-hydrogen) atoms. The first-order chi connectivity index (χ1) is 12.5. The summed E-state index contributed by atoms with van der Waals surface area (Å²) in [4.78, 5) is 15.5. The maximum Gasteiger partial charge on any atom is 0.341 e. The second-order valence-corrected chi connectivity index (χ2v) is 6.59. The lowest BCUT2D eigenvalue weighted by Crippen LogP contribution is -2.43. The van der Waals surface area contributed by atoms with E-state index in [-0.39, 0.29) is 12.4 Å². The monoisotopic (exact) mass is 358 g/mol. The lowest BCUT2D eigenvalue weighted by atomic mass is 10.0. The van der Waals surface area contributed by atoms with Crippen LogP contribution in [0.3, 0.4) is 0 Å². The molecule has 0 radical (unpaired) electrons. The van der Waals surface area contributed by atoms with Crippen molar-refractivity contribution < 1.29 is 19.0 Å². The van der Waals surface area contributed by atoms with Crippen molar-refractivity contribution in [3.8, 4) is 16.9 Å². The van der Waals surface area contributed by atoms with Crippen molar-refractivity contribution in [1.29, 1.82) is 0 Å². The largest absolute Gasteiger partial charge is 0.482 e. The fourth-order valence-corrected chi connectivity index (χ4v) is 3.05. The van der Waals surface area contributed by atoms with Crippen LogP contribution in [0.15, 0.2) is 42.5 Å². The summed E-state index contributed by atoms with van der Waals surface area (Å²) in [5, 5.41) is 8.90. The summed E-state index contributed by atoms with van der Waals surface area (Å²) < 4.78 is 18.7. The zero-order valence-electron chi connectivity index (χ0n) is 14.8. The molecule has 0 aromatic heterocycles. The summed E-state index contributed by atoms with van der Waals surface area (Å²) in [7, 11) is 2.11. The number of benzene rings is 2. The highest BCUT2D eigenvalue weighted by Gasteiger charge is 2.17. The van der Waals surface area contributed by atoms with Crippen molar-refractivity contribution in [3.63, 3.8) is 0 Å². The summed E-state index contributed by atoms with van der Waals surface area (Å²) in [5.41, 5.74) is 2.81. The Morgan fingerprint density at radius 3 is 2.38 bits per heavy atom. The fraction of sp³-hybridized carbons (Fsp3) is 0.350. The number of rotatable bonds is 6. The third-order valence-electron chi connectivity index (χ3n) is 4.58. The molecular weight excluding hydrogens is 335 g/mol. The minimum Gasteiger partial charge on any atom is -0.482 e. The van der Waals surface area contributed by atoms with E-state index in [4.69, 9.17) is 9.84 Å². The van der Waals surface area contributed by atoms with Crippen LogP contribution in [0.2, 0.25) is 0 Å². The maximum absolute atomic E-state index is 13.2. The minimum atomic E-state index is -1.00. The van der Waals surface area contributed by atoms with Gasteiger partial charge in [0.1, 0.15) is 11.6 Å². The molecule has 0 unspecified atom stereocenters. The van der Waals surface area contributed by atoms with Gasteiger partial charge in [-0.05, 0) is 42.4 Å². The predicted molar refractivity (Wildman–Crippen MR) is 97.7 cm³/mol. The van der Waals surface area contributed by atoms with Gasteiger partial charge in [-0.25, -0.2) is 9.18 Å². The van der Waals surface area contributed by atoms with Crippen LogP contribution in [-0.2, 0) is 11.3 Å². The van der Waals surface area contributed by atoms with Gasteiger partial charge in [-0.2, -0.15) is 0 Å². The summed E-state index contributed by atoms with van der Waals surface area (Å²) >= 11 is 0. The number of hydrogen-bond acceptors (Lipinski definition) is 4. The van der Waals surface area contributed by atoms with Crippen molar-refractivity contribution in [1.82, 2.24) is 9.80 Å². The van der Waals surface area contributed by atoms with Gasteiger partial charge in [0.25, 0.3) is 0 Å². The molecule has 0 spiro atoms. The van der Waals surface area contributed by atoms with Crippen LogP contribution in [0.1, 0.15) is 5.56 Å². The molecule has 1 aliphatic rings. The smallest absolute Gasteiger partial charge is 0.341 e. The van der Waals surface area contributed by atoms with E-state index in [9.17, 15) is 9.18 Å². The molecule has 138 valence electrons. The molecule has 1 aliphatic heterocycles. The highest BCUT2D eigenvalue weighted by atomic mass is 19.1. The molecule has 0 aliphatic carbocycles. The fourth-order valence-electron chi connectivity index (χ4n) is 3.05. The quantitative estimate of drug-likeness (QED) is 0.861. The summed E-state index contributed by atoms with van der Waals surface area (Å²) in [6.45, 7) is 4.24. The molecule has 0 bridgehead atoms. The van der Waals surface area contributed by atoms with Crippen LogP contribution in [0.5, 0.6) is 5.75 Å². The number of aliphatic carboxylic acids is 1. The van der Waals surface area contributed by atoms with Crippen molar-refractivity contribution in [3.05, 3.63) is 53.8 Å². The average molecular weight is 358 g/mol. The number of halogens is 1. The van der Waals surface area contributed by atoms with E-state index >= 15 is 0 Å². The van der Waals surface area contributed by atoms with E-state index in [1.807, 2.05) is 12.1 Å². The van der Waals surface area contributed by atoms with E-state index in [1.165, 1.54) is 12.1 Å². The number of nitrogens with zero attached hydrogens (tertiary/aromatic N) is 2. The Kier molecular flexibility index (Phi) is 5.85. The van der Waals surface area contributed by atoms with Crippen LogP contribution in [0.4, 0.5) is 4.39 Å². The maximum atomic E-state index is 13.2. The van der Waals surface area contributed by atoms with Crippen molar-refractivity contribution in [2.24, 2.45) is 0 Å². The van der Waals surface area contributed by atoms with Crippen molar-refractivity contribution >= 4 is 5.97 Å². The Labute approximate surface area is 152 Å². The van der Waals surface area contributed by atoms with Gasteiger partial charge in [-0.3, -0.25) is 4.90 Å². The Bertz CT molecular complexity index is 756. The Morgan fingerprint density at radius 2 is 1.73 bits per heavy atom. The van der Waals surface area contributed by atoms with Gasteiger partial charge in [0.15, 0.2) is 6.61 Å². The Hall–Kier alpha value is -2.44. The first kappa shape index (κ1) is 18.4. The van der Waals surface area contributed by atoms with E-state index in [0.29, 0.717) is 12.3 Å². The topological polar surface area (TPSA) is 53.0 Å². The van der Waals surface area contributed by atoms with E-state index in [2.05, 4.69) is 16.8 Å². The zero-order valence-corrected chi connectivity index (χ0v) is 14.8. The first-order valence-electron chi connectivity index (χ1n) is 8.65. The minimum absolute atomic E-state index is 0.271. The molecule has 0 amide bonds. The molecule has 1 N–H and O–H groups in total. The number of carboxylic acids is 1. The number of carbonyl (C=O) groups is 1. The second-order valence-electron chi connectivity index (χ2n) is 6.59. The zero-order chi connectivity index (χ0) is 18.5. The molecule has 2 aromatic carbocycles. The summed E-state index contributed by atoms with van der Waals surface area (Å²) in [6.07, 6.45) is 0. The van der Waals surface area contributed by atoms with Crippen molar-refractivity contribution in [2.45, 2.75) is 6.54 Å².